The molecule has 29 heavy (non-hydrogen) atoms. The summed E-state index contributed by atoms with van der Waals surface area (Å²) in [5.41, 5.74) is -1.04. The number of carbonyl (C=O) groups is 1. The number of rotatable bonds is 4. The van der Waals surface area contributed by atoms with E-state index in [2.05, 4.69) is 9.98 Å². The molecule has 1 aliphatic rings. The maximum Gasteiger partial charge on any atom is 0.416 e. The van der Waals surface area contributed by atoms with Crippen LogP contribution in [0.5, 0.6) is 0 Å². The topological polar surface area (TPSA) is 71.5 Å². The summed E-state index contributed by atoms with van der Waals surface area (Å²) in [6.45, 7) is 5.39. The monoisotopic (exact) mass is 406 g/mol. The lowest BCUT2D eigenvalue weighted by molar-refractivity contribution is -0.148. The van der Waals surface area contributed by atoms with Crippen LogP contribution in [0.3, 0.4) is 0 Å². The van der Waals surface area contributed by atoms with Gasteiger partial charge < -0.3 is 9.72 Å². The Morgan fingerprint density at radius 2 is 1.93 bits per heavy atom. The third kappa shape index (κ3) is 4.11. The van der Waals surface area contributed by atoms with Crippen molar-refractivity contribution in [3.05, 3.63) is 63.6 Å². The average molecular weight is 406 g/mol. The van der Waals surface area contributed by atoms with Crippen LogP contribution in [0.2, 0.25) is 0 Å². The minimum Gasteiger partial charge on any atom is -0.465 e. The zero-order valence-corrected chi connectivity index (χ0v) is 16.2. The summed E-state index contributed by atoms with van der Waals surface area (Å²) in [6.07, 6.45) is -3.27. The van der Waals surface area contributed by atoms with E-state index in [0.717, 1.165) is 6.07 Å². The van der Waals surface area contributed by atoms with Gasteiger partial charge in [0.2, 0.25) is 0 Å². The number of aromatic nitrogens is 1. The number of carbonyl (C=O) groups excluding carboxylic acids is 1. The van der Waals surface area contributed by atoms with Gasteiger partial charge in [-0.05, 0) is 30.5 Å². The van der Waals surface area contributed by atoms with Crippen molar-refractivity contribution < 1.29 is 22.7 Å². The van der Waals surface area contributed by atoms with Gasteiger partial charge in [-0.15, -0.1) is 0 Å². The summed E-state index contributed by atoms with van der Waals surface area (Å²) in [7, 11) is 0. The van der Waals surface area contributed by atoms with E-state index in [1.165, 1.54) is 30.5 Å². The minimum atomic E-state index is -4.65. The van der Waals surface area contributed by atoms with Gasteiger partial charge in [0.15, 0.2) is 0 Å². The van der Waals surface area contributed by atoms with Crippen molar-refractivity contribution in [1.82, 2.24) is 4.98 Å². The number of nitrogens with zero attached hydrogens (tertiary/aromatic N) is 1. The fourth-order valence-electron chi connectivity index (χ4n) is 3.55. The molecule has 0 amide bonds. The molecular weight excluding hydrogens is 385 g/mol. The van der Waals surface area contributed by atoms with E-state index in [1.807, 2.05) is 13.8 Å². The number of pyridine rings is 1. The second-order valence-electron chi connectivity index (χ2n) is 7.42. The van der Waals surface area contributed by atoms with Crippen molar-refractivity contribution >= 4 is 17.4 Å². The number of ether oxygens (including phenoxy) is 1. The molecule has 2 unspecified atom stereocenters. The van der Waals surface area contributed by atoms with Crippen molar-refractivity contribution in [2.75, 3.05) is 6.61 Å². The standard InChI is InChI=1S/C21H21F3N2O3/c1-11(2)10-29-20(28)16-12(3)26-15-8-9-25-19(27)18(15)17(16)13-6-4-5-7-14(13)21(22,23)24/h4-9,11,16-17H,10H2,1-3H3,(H,25,27). The molecule has 154 valence electrons. The number of fused-ring (bicyclic) bond motifs is 1. The van der Waals surface area contributed by atoms with E-state index in [4.69, 9.17) is 4.74 Å². The molecule has 0 spiro atoms. The Morgan fingerprint density at radius 1 is 1.24 bits per heavy atom. The number of H-pyrrole nitrogens is 1. The molecule has 1 N–H and O–H groups in total. The van der Waals surface area contributed by atoms with Crippen molar-refractivity contribution in [2.45, 2.75) is 32.9 Å². The van der Waals surface area contributed by atoms with E-state index in [1.54, 1.807) is 6.92 Å². The maximum atomic E-state index is 13.7. The first-order chi connectivity index (χ1) is 13.6. The van der Waals surface area contributed by atoms with Crippen LogP contribution < -0.4 is 5.56 Å². The lowest BCUT2D eigenvalue weighted by atomic mass is 9.75. The van der Waals surface area contributed by atoms with Crippen LogP contribution in [0, 0.1) is 11.8 Å². The number of hydrogen-bond donors (Lipinski definition) is 1. The van der Waals surface area contributed by atoms with E-state index >= 15 is 0 Å². The molecule has 5 nitrogen and oxygen atoms in total. The smallest absolute Gasteiger partial charge is 0.416 e. The summed E-state index contributed by atoms with van der Waals surface area (Å²) >= 11 is 0. The number of halogens is 3. The highest BCUT2D eigenvalue weighted by atomic mass is 19.4. The van der Waals surface area contributed by atoms with Crippen molar-refractivity contribution in [2.24, 2.45) is 16.8 Å². The molecule has 0 saturated heterocycles. The lowest BCUT2D eigenvalue weighted by Crippen LogP contribution is -2.37. The van der Waals surface area contributed by atoms with Gasteiger partial charge >= 0.3 is 12.1 Å². The minimum absolute atomic E-state index is 0.0290. The van der Waals surface area contributed by atoms with E-state index < -0.39 is 35.1 Å². The lowest BCUT2D eigenvalue weighted by Gasteiger charge is -2.32. The van der Waals surface area contributed by atoms with Crippen LogP contribution in [0.15, 0.2) is 46.3 Å². The first-order valence-corrected chi connectivity index (χ1v) is 9.20. The fraction of sp³-hybridized carbons (Fsp3) is 0.381. The molecule has 0 saturated carbocycles. The quantitative estimate of drug-likeness (QED) is 0.763. The van der Waals surface area contributed by atoms with Crippen LogP contribution in [-0.4, -0.2) is 23.3 Å². The summed E-state index contributed by atoms with van der Waals surface area (Å²) in [5, 5.41) is 0. The molecule has 2 aromatic rings. The number of alkyl halides is 3. The normalized spacial score (nSPS) is 18.9. The predicted molar refractivity (Wildman–Crippen MR) is 102 cm³/mol. The highest BCUT2D eigenvalue weighted by Gasteiger charge is 2.44. The highest BCUT2D eigenvalue weighted by molar-refractivity contribution is 6.05. The van der Waals surface area contributed by atoms with Gasteiger partial charge in [0, 0.05) is 17.8 Å². The number of benzene rings is 1. The molecular formula is C21H21F3N2O3. The number of aliphatic imine (C=N–C) groups is 1. The molecule has 8 heteroatoms. The third-order valence-electron chi connectivity index (χ3n) is 4.78. The zero-order chi connectivity index (χ0) is 21.3. The number of hydrogen-bond acceptors (Lipinski definition) is 4. The SMILES string of the molecule is CC1=Nc2cc[nH]c(=O)c2C(c2ccccc2C(F)(F)F)C1C(=O)OCC(C)C. The van der Waals surface area contributed by atoms with E-state index in [9.17, 15) is 22.8 Å². The number of nitrogens with one attached hydrogen (secondary N) is 1. The summed E-state index contributed by atoms with van der Waals surface area (Å²) in [5.74, 6) is -2.94. The number of esters is 1. The first-order valence-electron chi connectivity index (χ1n) is 9.20. The molecule has 1 aliphatic heterocycles. The second-order valence-corrected chi connectivity index (χ2v) is 7.42. The molecule has 1 aromatic carbocycles. The van der Waals surface area contributed by atoms with E-state index in [-0.39, 0.29) is 29.3 Å². The summed E-state index contributed by atoms with van der Waals surface area (Å²) < 4.78 is 46.5. The first kappa shape index (κ1) is 20.8. The Hall–Kier alpha value is -2.90. The predicted octanol–water partition coefficient (Wildman–Crippen LogP) is 4.45. The maximum absolute atomic E-state index is 13.7. The van der Waals surface area contributed by atoms with Crippen LogP contribution >= 0.6 is 0 Å². The number of aromatic amines is 1. The van der Waals surface area contributed by atoms with Crippen LogP contribution in [0.4, 0.5) is 18.9 Å². The van der Waals surface area contributed by atoms with Crippen molar-refractivity contribution in [3.63, 3.8) is 0 Å². The van der Waals surface area contributed by atoms with Gasteiger partial charge in [-0.1, -0.05) is 32.0 Å². The Balaban J connectivity index is 2.23. The van der Waals surface area contributed by atoms with Gasteiger partial charge in [-0.3, -0.25) is 14.6 Å². The molecule has 0 radical (unpaired) electrons. The molecule has 2 atom stereocenters. The average Bonchev–Trinajstić information content (AvgIpc) is 2.64. The van der Waals surface area contributed by atoms with Crippen LogP contribution in [0.25, 0.3) is 0 Å². The van der Waals surface area contributed by atoms with Gasteiger partial charge in [0.1, 0.15) is 5.92 Å². The molecule has 3 rings (SSSR count). The van der Waals surface area contributed by atoms with Crippen molar-refractivity contribution in [1.29, 1.82) is 0 Å². The molecule has 1 aromatic heterocycles. The van der Waals surface area contributed by atoms with Crippen LogP contribution in [-0.2, 0) is 15.7 Å². The molecule has 0 fully saturated rings. The van der Waals surface area contributed by atoms with Gasteiger partial charge in [-0.25, -0.2) is 0 Å². The molecule has 0 aliphatic carbocycles. The Labute approximate surface area is 165 Å². The van der Waals surface area contributed by atoms with Crippen molar-refractivity contribution in [3.8, 4) is 0 Å². The van der Waals surface area contributed by atoms with E-state index in [0.29, 0.717) is 5.71 Å². The fourth-order valence-corrected chi connectivity index (χ4v) is 3.55. The Morgan fingerprint density at radius 3 is 2.59 bits per heavy atom. The van der Waals surface area contributed by atoms with Gasteiger partial charge in [-0.2, -0.15) is 13.2 Å². The highest BCUT2D eigenvalue weighted by Crippen LogP contribution is 2.45. The molecule has 2 heterocycles. The Bertz CT molecular complexity index is 1010. The zero-order valence-electron chi connectivity index (χ0n) is 16.2. The summed E-state index contributed by atoms with van der Waals surface area (Å²) in [4.78, 5) is 32.3. The second kappa shape index (κ2) is 7.85. The van der Waals surface area contributed by atoms with Gasteiger partial charge in [0.05, 0.1) is 23.4 Å². The largest absolute Gasteiger partial charge is 0.465 e. The van der Waals surface area contributed by atoms with Crippen LogP contribution in [0.1, 0.15) is 43.4 Å². The van der Waals surface area contributed by atoms with Gasteiger partial charge in [0.25, 0.3) is 5.56 Å². The molecule has 0 bridgehead atoms. The summed E-state index contributed by atoms with van der Waals surface area (Å²) in [6, 6.07) is 6.49. The Kier molecular flexibility index (Phi) is 5.64. The third-order valence-corrected chi connectivity index (χ3v) is 4.78.